The van der Waals surface area contributed by atoms with Crippen LogP contribution in [0.2, 0.25) is 0 Å². The lowest BCUT2D eigenvalue weighted by atomic mass is 9.97. The zero-order chi connectivity index (χ0) is 18.2. The third-order valence-electron chi connectivity index (χ3n) is 3.85. The van der Waals surface area contributed by atoms with Crippen molar-refractivity contribution in [2.24, 2.45) is 0 Å². The van der Waals surface area contributed by atoms with E-state index in [0.717, 1.165) is 10.6 Å². The molecule has 1 fully saturated rings. The number of aliphatic hydroxyl groups excluding tert-OH is 3. The van der Waals surface area contributed by atoms with E-state index in [-0.39, 0.29) is 13.2 Å². The molecule has 1 aliphatic heterocycles. The van der Waals surface area contributed by atoms with E-state index in [2.05, 4.69) is 6.58 Å². The number of ether oxygens (including phenoxy) is 2. The number of nitrogens with zero attached hydrogens (tertiary/aromatic N) is 1. The van der Waals surface area contributed by atoms with Crippen LogP contribution in [-0.4, -0.2) is 70.7 Å². The van der Waals surface area contributed by atoms with E-state index in [4.69, 9.17) is 14.3 Å². The van der Waals surface area contributed by atoms with Gasteiger partial charge in [-0.1, -0.05) is 36.4 Å². The molecule has 138 valence electrons. The highest BCUT2D eigenvalue weighted by molar-refractivity contribution is 5.46. The maximum absolute atomic E-state index is 11.5. The van der Waals surface area contributed by atoms with Crippen molar-refractivity contribution < 1.29 is 34.4 Å². The highest BCUT2D eigenvalue weighted by Crippen LogP contribution is 2.26. The van der Waals surface area contributed by atoms with Crippen LogP contribution in [-0.2, 0) is 25.7 Å². The molecule has 0 radical (unpaired) electrons. The van der Waals surface area contributed by atoms with Crippen LogP contribution in [0.1, 0.15) is 5.56 Å². The van der Waals surface area contributed by atoms with Gasteiger partial charge in [0, 0.05) is 0 Å². The lowest BCUT2D eigenvalue weighted by Crippen LogP contribution is -2.64. The number of benzene rings is 1. The Morgan fingerprint density at radius 2 is 1.96 bits per heavy atom. The molecule has 1 aromatic carbocycles. The third kappa shape index (κ3) is 4.85. The Labute approximate surface area is 145 Å². The summed E-state index contributed by atoms with van der Waals surface area (Å²) in [4.78, 5) is 16.9. The number of hydrogen-bond donors (Lipinski definition) is 3. The molecule has 1 heterocycles. The van der Waals surface area contributed by atoms with E-state index in [1.165, 1.54) is 6.08 Å². The minimum Gasteiger partial charge on any atom is -0.394 e. The van der Waals surface area contributed by atoms with Crippen molar-refractivity contribution in [2.45, 2.75) is 37.3 Å². The van der Waals surface area contributed by atoms with Gasteiger partial charge in [0.05, 0.1) is 13.2 Å². The maximum atomic E-state index is 11.5. The smallest absolute Gasteiger partial charge is 0.233 e. The molecule has 8 nitrogen and oxygen atoms in total. The molecule has 5 atom stereocenters. The number of hydroxylamine groups is 2. The Bertz CT molecular complexity index is 541. The summed E-state index contributed by atoms with van der Waals surface area (Å²) < 4.78 is 10.9. The minimum atomic E-state index is -1.43. The van der Waals surface area contributed by atoms with E-state index in [9.17, 15) is 20.1 Å². The van der Waals surface area contributed by atoms with Crippen LogP contribution in [0.25, 0.3) is 0 Å². The van der Waals surface area contributed by atoms with Gasteiger partial charge in [0.2, 0.25) is 6.41 Å². The second-order valence-electron chi connectivity index (χ2n) is 5.54. The predicted molar refractivity (Wildman–Crippen MR) is 86.8 cm³/mol. The number of carbonyl (C=O) groups is 1. The molecule has 0 unspecified atom stereocenters. The zero-order valence-electron chi connectivity index (χ0n) is 13.7. The van der Waals surface area contributed by atoms with Crippen molar-refractivity contribution in [1.29, 1.82) is 0 Å². The summed E-state index contributed by atoms with van der Waals surface area (Å²) in [5, 5.41) is 30.6. The van der Waals surface area contributed by atoms with Crippen molar-refractivity contribution in [2.75, 3.05) is 13.2 Å². The van der Waals surface area contributed by atoms with Gasteiger partial charge in [0.25, 0.3) is 0 Å². The highest BCUT2D eigenvalue weighted by Gasteiger charge is 2.48. The average Bonchev–Trinajstić information content (AvgIpc) is 2.65. The molecule has 25 heavy (non-hydrogen) atoms. The van der Waals surface area contributed by atoms with Crippen LogP contribution in [0.5, 0.6) is 0 Å². The minimum absolute atomic E-state index is 0.0799. The second kappa shape index (κ2) is 9.62. The fourth-order valence-corrected chi connectivity index (χ4v) is 2.55. The molecule has 1 aromatic rings. The molecule has 8 heteroatoms. The molecule has 0 aliphatic carbocycles. The summed E-state index contributed by atoms with van der Waals surface area (Å²) in [6.45, 7) is 3.19. The summed E-state index contributed by atoms with van der Waals surface area (Å²) in [5.74, 6) is 0. The summed E-state index contributed by atoms with van der Waals surface area (Å²) in [6.07, 6.45) is -3.11. The third-order valence-corrected chi connectivity index (χ3v) is 3.85. The van der Waals surface area contributed by atoms with Gasteiger partial charge in [-0.25, -0.2) is 5.06 Å². The van der Waals surface area contributed by atoms with Gasteiger partial charge in [-0.05, 0) is 5.56 Å². The normalized spacial score (nSPS) is 29.2. The van der Waals surface area contributed by atoms with E-state index in [0.29, 0.717) is 6.41 Å². The monoisotopic (exact) mass is 353 g/mol. The number of aliphatic hydroxyl groups is 3. The van der Waals surface area contributed by atoms with Crippen molar-refractivity contribution in [3.63, 3.8) is 0 Å². The maximum Gasteiger partial charge on any atom is 0.233 e. The predicted octanol–water partition coefficient (Wildman–Crippen LogP) is -0.413. The van der Waals surface area contributed by atoms with Crippen LogP contribution >= 0.6 is 0 Å². The molecule has 0 saturated carbocycles. The highest BCUT2D eigenvalue weighted by atomic mass is 16.7. The van der Waals surface area contributed by atoms with Crippen molar-refractivity contribution in [3.8, 4) is 0 Å². The standard InChI is InChI=1S/C17H23NO7/c1-2-8-23-17-14(16(22)15(21)13(9-19)25-17)18(11-20)24-10-12-6-4-3-5-7-12/h2-7,11,13-17,19,21-22H,1,8-10H2/t13-,14+,15-,16-,17+/m1/s1. The molecular weight excluding hydrogens is 330 g/mol. The molecule has 0 aromatic heterocycles. The molecule has 1 saturated heterocycles. The van der Waals surface area contributed by atoms with Crippen LogP contribution in [0.3, 0.4) is 0 Å². The summed E-state index contributed by atoms with van der Waals surface area (Å²) >= 11 is 0. The van der Waals surface area contributed by atoms with Gasteiger partial charge in [-0.15, -0.1) is 6.58 Å². The Hall–Kier alpha value is -1.81. The number of hydrogen-bond acceptors (Lipinski definition) is 7. The quantitative estimate of drug-likeness (QED) is 0.314. The first-order valence-corrected chi connectivity index (χ1v) is 7.87. The number of carbonyl (C=O) groups excluding carboxylic acids is 1. The molecule has 0 spiro atoms. The van der Waals surface area contributed by atoms with Crippen molar-refractivity contribution in [1.82, 2.24) is 5.06 Å². The molecule has 0 bridgehead atoms. The van der Waals surface area contributed by atoms with Gasteiger partial charge in [-0.3, -0.25) is 9.63 Å². The molecular formula is C17H23NO7. The molecule has 2 rings (SSSR count). The second-order valence-corrected chi connectivity index (χ2v) is 5.54. The first-order valence-electron chi connectivity index (χ1n) is 7.87. The Morgan fingerprint density at radius 1 is 1.24 bits per heavy atom. The fraction of sp³-hybridized carbons (Fsp3) is 0.471. The molecule has 3 N–H and O–H groups in total. The van der Waals surface area contributed by atoms with Crippen LogP contribution in [0.4, 0.5) is 0 Å². The van der Waals surface area contributed by atoms with Gasteiger partial charge in [-0.2, -0.15) is 0 Å². The lowest BCUT2D eigenvalue weighted by molar-refractivity contribution is -0.320. The fourth-order valence-electron chi connectivity index (χ4n) is 2.55. The Morgan fingerprint density at radius 3 is 2.56 bits per heavy atom. The largest absolute Gasteiger partial charge is 0.394 e. The first-order chi connectivity index (χ1) is 12.1. The van der Waals surface area contributed by atoms with Gasteiger partial charge in [0.15, 0.2) is 6.29 Å². The summed E-state index contributed by atoms with van der Waals surface area (Å²) in [5.41, 5.74) is 0.818. The van der Waals surface area contributed by atoms with E-state index in [1.807, 2.05) is 30.3 Å². The summed E-state index contributed by atoms with van der Waals surface area (Å²) in [6, 6.07) is 8.03. The average molecular weight is 353 g/mol. The first kappa shape index (κ1) is 19.5. The summed E-state index contributed by atoms with van der Waals surface area (Å²) in [7, 11) is 0. The van der Waals surface area contributed by atoms with Crippen molar-refractivity contribution in [3.05, 3.63) is 48.6 Å². The van der Waals surface area contributed by atoms with E-state index < -0.39 is 37.3 Å². The zero-order valence-corrected chi connectivity index (χ0v) is 13.7. The topological polar surface area (TPSA) is 109 Å². The number of amides is 1. The Kier molecular flexibility index (Phi) is 7.51. The van der Waals surface area contributed by atoms with Crippen molar-refractivity contribution >= 4 is 6.41 Å². The van der Waals surface area contributed by atoms with Gasteiger partial charge >= 0.3 is 0 Å². The number of rotatable bonds is 9. The van der Waals surface area contributed by atoms with E-state index >= 15 is 0 Å². The van der Waals surface area contributed by atoms with Crippen LogP contribution in [0.15, 0.2) is 43.0 Å². The molecule has 1 aliphatic rings. The van der Waals surface area contributed by atoms with E-state index in [1.54, 1.807) is 0 Å². The Balaban J connectivity index is 2.13. The van der Waals surface area contributed by atoms with Gasteiger partial charge < -0.3 is 24.8 Å². The molecule has 1 amide bonds. The van der Waals surface area contributed by atoms with Crippen LogP contribution in [0, 0.1) is 0 Å². The lowest BCUT2D eigenvalue weighted by Gasteiger charge is -2.44. The SMILES string of the molecule is C=CCO[C@H]1O[C@H](CO)[C@@H](O)[C@H](O)[C@@H]1N(C=O)OCc1ccccc1. The van der Waals surface area contributed by atoms with Crippen LogP contribution < -0.4 is 0 Å². The van der Waals surface area contributed by atoms with Gasteiger partial charge in [0.1, 0.15) is 31.0 Å².